The third-order valence-corrected chi connectivity index (χ3v) is 28.1. The van der Waals surface area contributed by atoms with E-state index in [9.17, 15) is 78.6 Å². The number of para-hydroxylation sites is 1. The Hall–Kier alpha value is -11.6. The molecule has 19 N–H and O–H groups in total. The van der Waals surface area contributed by atoms with E-state index in [1.54, 1.807) is 99.3 Å². The number of aliphatic hydroxyl groups excluding tert-OH is 1. The Labute approximate surface area is 835 Å². The summed E-state index contributed by atoms with van der Waals surface area (Å²) in [6.07, 6.45) is -0.780. The van der Waals surface area contributed by atoms with Gasteiger partial charge in [0.15, 0.2) is 0 Å². The summed E-state index contributed by atoms with van der Waals surface area (Å²) in [7, 11) is 0. The number of aromatic nitrogens is 3. The molecule has 44 nitrogen and oxygen atoms in total. The Bertz CT molecular complexity index is 5220. The smallest absolute Gasteiger partial charge is 0.317 e. The van der Waals surface area contributed by atoms with Crippen LogP contribution in [0.3, 0.4) is 0 Å². The molecule has 0 radical (unpaired) electrons. The molecule has 0 unspecified atom stereocenters. The summed E-state index contributed by atoms with van der Waals surface area (Å²) in [5, 5.41) is 93.3. The molecule has 5 aliphatic heterocycles. The molecule has 5 aromatic rings. The summed E-state index contributed by atoms with van der Waals surface area (Å²) in [6, 6.07) is 3.04. The molecule has 778 valence electrons. The number of fused-ring (bicyclic) bond motifs is 4. The SMILES string of the molecule is CC[C@H](C)[C@@H]1NC(=O)[C@H](CC(C)C)NC(=O)C2(CCOCC2)NC(=O)[C@@H](NC(=O)[C@@H](CC(C)C)NC(=O)[C@H](CCC(=O)O)NC(=O)[C@@H]2C[C@@H](O)CN2C(=O)[C@H](Cc2c[nH]c3ccc(Cl)cc23)NC(=O)[C@H](Cc2c[nH]c3ccccc23)NC(=O)[C@H](CC(=O)O)NC(=O)CN2CCC(NC(=O)CN3CCN(CC(=O)O)CCN(CC(=O)O)CCN(CC(=O)O)CC3)CC2)CSCc2cccc(n2)CSCCNC1=O. The molecule has 142 heavy (non-hydrogen) atoms. The van der Waals surface area contributed by atoms with Crippen LogP contribution in [0.1, 0.15) is 135 Å². The van der Waals surface area contributed by atoms with Gasteiger partial charge in [0.1, 0.15) is 59.9 Å². The highest BCUT2D eigenvalue weighted by atomic mass is 35.5. The predicted molar refractivity (Wildman–Crippen MR) is 525 cm³/mol. The van der Waals surface area contributed by atoms with Crippen molar-refractivity contribution in [2.75, 3.05) is 136 Å². The van der Waals surface area contributed by atoms with Gasteiger partial charge in [-0.3, -0.25) is 111 Å². The quantitative estimate of drug-likeness (QED) is 0.0244. The van der Waals surface area contributed by atoms with Gasteiger partial charge in [0, 0.05) is 199 Å². The van der Waals surface area contributed by atoms with Crippen LogP contribution in [0.5, 0.6) is 0 Å². The second-order valence-corrected chi connectivity index (χ2v) is 40.4. The molecule has 3 aromatic heterocycles. The van der Waals surface area contributed by atoms with E-state index in [1.807, 2.05) is 39.8 Å². The number of thioether (sulfide) groups is 2. The van der Waals surface area contributed by atoms with E-state index >= 15 is 33.6 Å². The summed E-state index contributed by atoms with van der Waals surface area (Å²) in [5.74, 6) is -16.0. The maximum absolute atomic E-state index is 15.9. The molecular formula is C95H135ClN20O24S2. The summed E-state index contributed by atoms with van der Waals surface area (Å²) in [6.45, 7) is 11.1. The van der Waals surface area contributed by atoms with Gasteiger partial charge < -0.3 is 109 Å². The molecule has 12 amide bonds. The number of benzene rings is 2. The lowest BCUT2D eigenvalue weighted by atomic mass is 9.87. The fourth-order valence-electron chi connectivity index (χ4n) is 18.0. The van der Waals surface area contributed by atoms with Crippen molar-refractivity contribution in [1.29, 1.82) is 0 Å². The minimum atomic E-state index is -1.84. The number of piperidine rings is 1. The molecule has 0 aliphatic carbocycles. The number of aromatic amines is 2. The van der Waals surface area contributed by atoms with Crippen LogP contribution in [-0.2, 0) is 111 Å². The normalized spacial score (nSPS) is 21.1. The first kappa shape index (κ1) is 112. The molecular weight excluding hydrogens is 1900 g/mol. The number of carboxylic acids is 5. The van der Waals surface area contributed by atoms with Gasteiger partial charge in [-0.25, -0.2) is 0 Å². The van der Waals surface area contributed by atoms with Crippen LogP contribution in [0, 0.1) is 17.8 Å². The number of hydrogen-bond donors (Lipinski definition) is 19. The Morgan fingerprint density at radius 3 is 1.72 bits per heavy atom. The second-order valence-electron chi connectivity index (χ2n) is 37.8. The largest absolute Gasteiger partial charge is 0.481 e. The van der Waals surface area contributed by atoms with Crippen LogP contribution in [0.25, 0.3) is 21.8 Å². The highest BCUT2D eigenvalue weighted by molar-refractivity contribution is 7.98. The summed E-state index contributed by atoms with van der Waals surface area (Å²) in [4.78, 5) is 260. The van der Waals surface area contributed by atoms with Crippen LogP contribution in [-0.4, -0.2) is 384 Å². The van der Waals surface area contributed by atoms with E-state index in [2.05, 4.69) is 68.5 Å². The molecule has 47 heteroatoms. The van der Waals surface area contributed by atoms with Gasteiger partial charge in [-0.15, -0.1) is 0 Å². The van der Waals surface area contributed by atoms with Crippen LogP contribution >= 0.6 is 35.1 Å². The van der Waals surface area contributed by atoms with Crippen LogP contribution in [0.4, 0.5) is 0 Å². The number of rotatable bonds is 38. The molecule has 8 heterocycles. The van der Waals surface area contributed by atoms with E-state index in [-0.39, 0.29) is 197 Å². The number of hydrogen-bond acceptors (Lipinski definition) is 27. The number of carbonyl (C=O) groups is 17. The number of halogens is 1. The second kappa shape index (κ2) is 54.7. The topological polar surface area (TPSA) is 617 Å². The highest BCUT2D eigenvalue weighted by Crippen LogP contribution is 2.30. The van der Waals surface area contributed by atoms with Crippen LogP contribution in [0.15, 0.2) is 73.1 Å². The van der Waals surface area contributed by atoms with E-state index in [1.165, 1.54) is 23.5 Å². The van der Waals surface area contributed by atoms with Gasteiger partial charge in [-0.05, 0) is 97.4 Å². The number of carboxylic acid groups (broad SMARTS) is 5. The zero-order valence-electron chi connectivity index (χ0n) is 80.8. The fraction of sp³-hybridized carbons (Fsp3) is 0.600. The van der Waals surface area contributed by atoms with Crippen molar-refractivity contribution in [3.05, 3.63) is 101 Å². The summed E-state index contributed by atoms with van der Waals surface area (Å²) >= 11 is 9.31. The molecule has 2 aromatic carbocycles. The molecule has 11 atom stereocenters. The number of nitrogens with one attached hydrogen (secondary N) is 13. The van der Waals surface area contributed by atoms with Crippen LogP contribution in [0.2, 0.25) is 5.02 Å². The number of aliphatic carboxylic acids is 5. The van der Waals surface area contributed by atoms with Crippen LogP contribution < -0.4 is 58.5 Å². The van der Waals surface area contributed by atoms with Gasteiger partial charge in [-0.1, -0.05) is 83.8 Å². The number of aliphatic hydroxyl groups is 1. The third-order valence-electron chi connectivity index (χ3n) is 25.8. The number of pyridine rings is 1. The van der Waals surface area contributed by atoms with E-state index < -0.39 is 199 Å². The minimum Gasteiger partial charge on any atom is -0.481 e. The Kier molecular flexibility index (Phi) is 43.3. The van der Waals surface area contributed by atoms with Gasteiger partial charge in [0.2, 0.25) is 70.9 Å². The number of β-amino-alcohol motifs (C(OH)–C–C–N with tert-alkyl or cyclic N) is 1. The van der Waals surface area contributed by atoms with Gasteiger partial charge in [-0.2, -0.15) is 23.5 Å². The zero-order valence-corrected chi connectivity index (χ0v) is 83.2. The number of H-pyrrole nitrogens is 2. The molecule has 1 spiro atoms. The summed E-state index contributed by atoms with van der Waals surface area (Å²) < 4.78 is 5.73. The first-order valence-electron chi connectivity index (χ1n) is 48.2. The number of nitrogens with zero attached hydrogens (tertiary/aromatic N) is 7. The Balaban J connectivity index is 0.854. The minimum absolute atomic E-state index is 0.00113. The van der Waals surface area contributed by atoms with Crippen molar-refractivity contribution in [2.45, 2.75) is 209 Å². The first-order chi connectivity index (χ1) is 67.7. The standard InChI is InChI=1S/C95H135ClN20O24S2/c1-7-57(6)84-92(137)97-23-36-141-52-62-11-10-12-63(100-62)53-142-54-75(90(135)110-95(21-34-140-35-22-95)94(139)108-71(38-56(4)5)89(134)109-84)107-86(131)70(37-55(2)3)104-85(130)69(17-18-79(120)121)103-91(136)76-42-64(117)46-116(76)93(138)74(40-59-45-99-68-16-15-60(96)41-66(59)68)106-87(132)72(39-58-44-98-67-14-9-8-13-65(58)67)105-88(133)73(43-80(122)123)102-78(119)48-111-24-19-61(20-25-111)101-77(118)47-112-26-28-113(49-81(124)125)30-32-115(51-83(128)129)33-31-114(29-27-112)50-82(126)127/h8-16,41,44-45,55-57,61,64,69-76,84,98-99,117H,7,17-40,42-43,46-54H2,1-6H3,(H,97,137)(H,101,118)(H,102,119)(H,103,136)(H,104,130)(H,105,133)(H,106,132)(H,107,131)(H,108,139)(H,109,134)(H,110,135)(H,120,121)(H,122,123)(H,124,125)(H,126,127)(H,128,129)/t57-,64+,69-,70+,71-,72-,73-,74-,75-,76-,84-/m0/s1. The zero-order chi connectivity index (χ0) is 103. The molecule has 2 bridgehead atoms. The van der Waals surface area contributed by atoms with Gasteiger partial charge >= 0.3 is 29.8 Å². The van der Waals surface area contributed by atoms with E-state index in [0.717, 1.165) is 10.6 Å². The highest BCUT2D eigenvalue weighted by Gasteiger charge is 2.48. The summed E-state index contributed by atoms with van der Waals surface area (Å²) in [5.41, 5.74) is 1.61. The van der Waals surface area contributed by atoms with E-state index in [4.69, 9.17) is 21.3 Å². The lowest BCUT2D eigenvalue weighted by molar-refractivity contribution is -0.143. The average molecular weight is 2040 g/mol. The van der Waals surface area contributed by atoms with Gasteiger partial charge in [0.05, 0.1) is 56.6 Å². The lowest BCUT2D eigenvalue weighted by Crippen LogP contribution is -2.67. The molecule has 0 saturated carbocycles. The van der Waals surface area contributed by atoms with E-state index in [0.29, 0.717) is 69.4 Å². The molecule has 5 aliphatic rings. The maximum atomic E-state index is 15.9. The first-order valence-corrected chi connectivity index (χ1v) is 50.9. The Morgan fingerprint density at radius 1 is 0.563 bits per heavy atom. The number of carbonyl (C=O) groups excluding carboxylic acids is 12. The lowest BCUT2D eigenvalue weighted by Gasteiger charge is -2.39. The molecule has 10 rings (SSSR count). The Morgan fingerprint density at radius 2 is 1.12 bits per heavy atom. The van der Waals surface area contributed by atoms with Crippen molar-refractivity contribution in [3.8, 4) is 0 Å². The number of ether oxygens (including phenoxy) is 1. The van der Waals surface area contributed by atoms with Crippen molar-refractivity contribution in [1.82, 2.24) is 103 Å². The monoisotopic (exact) mass is 2040 g/mol. The van der Waals surface area contributed by atoms with Crippen molar-refractivity contribution in [3.63, 3.8) is 0 Å². The number of amides is 12. The maximum Gasteiger partial charge on any atom is 0.317 e. The molecule has 4 fully saturated rings. The average Bonchev–Trinajstić information content (AvgIpc) is 1.77. The van der Waals surface area contributed by atoms with Crippen molar-refractivity contribution >= 4 is 158 Å². The fourth-order valence-corrected chi connectivity index (χ4v) is 19.9. The third kappa shape index (κ3) is 34.9. The molecule has 4 saturated heterocycles. The van der Waals surface area contributed by atoms with Crippen molar-refractivity contribution < 1.29 is 117 Å². The number of likely N-dealkylation sites (tertiary alicyclic amines) is 2. The van der Waals surface area contributed by atoms with Crippen molar-refractivity contribution in [2.24, 2.45) is 17.8 Å². The predicted octanol–water partition coefficient (Wildman–Crippen LogP) is -0.181. The van der Waals surface area contributed by atoms with Gasteiger partial charge in [0.25, 0.3) is 0 Å².